The standard InChI is InChI=1S/C11H21NO3S/c1-9(16(2,14)15)11(13)12-8-10-6-4-3-5-7-10/h9-10H,3-8H2,1-2H3,(H,12,13). The maximum atomic E-state index is 11.5. The minimum Gasteiger partial charge on any atom is -0.355 e. The van der Waals surface area contributed by atoms with E-state index in [9.17, 15) is 13.2 Å². The van der Waals surface area contributed by atoms with Gasteiger partial charge in [0.2, 0.25) is 5.91 Å². The van der Waals surface area contributed by atoms with E-state index in [1.807, 2.05) is 0 Å². The number of nitrogens with one attached hydrogen (secondary N) is 1. The molecule has 1 saturated carbocycles. The van der Waals surface area contributed by atoms with Crippen LogP contribution in [-0.4, -0.2) is 32.4 Å². The molecule has 0 aromatic rings. The maximum Gasteiger partial charge on any atom is 0.238 e. The third-order valence-electron chi connectivity index (χ3n) is 3.30. The highest BCUT2D eigenvalue weighted by molar-refractivity contribution is 7.92. The molecule has 1 amide bonds. The van der Waals surface area contributed by atoms with Gasteiger partial charge in [-0.15, -0.1) is 0 Å². The molecule has 94 valence electrons. The second kappa shape index (κ2) is 5.66. The molecule has 1 fully saturated rings. The molecule has 1 aliphatic rings. The van der Waals surface area contributed by atoms with Crippen LogP contribution in [0, 0.1) is 5.92 Å². The monoisotopic (exact) mass is 247 g/mol. The number of amides is 1. The van der Waals surface area contributed by atoms with Crippen LogP contribution in [0.5, 0.6) is 0 Å². The van der Waals surface area contributed by atoms with Gasteiger partial charge in [0.1, 0.15) is 5.25 Å². The summed E-state index contributed by atoms with van der Waals surface area (Å²) in [5.74, 6) is 0.164. The molecule has 1 aliphatic carbocycles. The summed E-state index contributed by atoms with van der Waals surface area (Å²) in [4.78, 5) is 11.5. The summed E-state index contributed by atoms with van der Waals surface area (Å²) in [6.45, 7) is 2.06. The fourth-order valence-electron chi connectivity index (χ4n) is 1.97. The Morgan fingerprint density at radius 3 is 2.38 bits per heavy atom. The molecule has 5 heteroatoms. The largest absolute Gasteiger partial charge is 0.355 e. The Hall–Kier alpha value is -0.580. The Balaban J connectivity index is 2.34. The van der Waals surface area contributed by atoms with Crippen molar-refractivity contribution in [3.8, 4) is 0 Å². The van der Waals surface area contributed by atoms with Gasteiger partial charge in [0.25, 0.3) is 0 Å². The Morgan fingerprint density at radius 1 is 1.31 bits per heavy atom. The molecule has 1 N–H and O–H groups in total. The number of hydrogen-bond acceptors (Lipinski definition) is 3. The van der Waals surface area contributed by atoms with Gasteiger partial charge in [-0.3, -0.25) is 4.79 Å². The smallest absolute Gasteiger partial charge is 0.238 e. The lowest BCUT2D eigenvalue weighted by Gasteiger charge is -2.22. The predicted octanol–water partition coefficient (Wildman–Crippen LogP) is 1.12. The van der Waals surface area contributed by atoms with Crippen molar-refractivity contribution < 1.29 is 13.2 Å². The predicted molar refractivity (Wildman–Crippen MR) is 63.9 cm³/mol. The van der Waals surface area contributed by atoms with Gasteiger partial charge in [-0.25, -0.2) is 8.42 Å². The van der Waals surface area contributed by atoms with Crippen LogP contribution in [0.1, 0.15) is 39.0 Å². The average Bonchev–Trinajstić information content (AvgIpc) is 2.25. The third kappa shape index (κ3) is 4.12. The molecule has 1 unspecified atom stereocenters. The summed E-state index contributed by atoms with van der Waals surface area (Å²) in [5.41, 5.74) is 0. The van der Waals surface area contributed by atoms with Gasteiger partial charge >= 0.3 is 0 Å². The average molecular weight is 247 g/mol. The molecule has 0 aromatic carbocycles. The van der Waals surface area contributed by atoms with E-state index in [1.165, 1.54) is 26.2 Å². The highest BCUT2D eigenvalue weighted by atomic mass is 32.2. The van der Waals surface area contributed by atoms with Crippen LogP contribution in [-0.2, 0) is 14.6 Å². The summed E-state index contributed by atoms with van der Waals surface area (Å²) in [6, 6.07) is 0. The second-order valence-corrected chi connectivity index (χ2v) is 7.09. The van der Waals surface area contributed by atoms with Gasteiger partial charge in [-0.2, -0.15) is 0 Å². The van der Waals surface area contributed by atoms with Gasteiger partial charge in [0.05, 0.1) is 0 Å². The highest BCUT2D eigenvalue weighted by Crippen LogP contribution is 2.22. The number of rotatable bonds is 4. The minimum atomic E-state index is -3.27. The first-order chi connectivity index (χ1) is 7.41. The fraction of sp³-hybridized carbons (Fsp3) is 0.909. The van der Waals surface area contributed by atoms with E-state index in [2.05, 4.69) is 5.32 Å². The number of sulfone groups is 1. The van der Waals surface area contributed by atoms with E-state index >= 15 is 0 Å². The molecule has 0 radical (unpaired) electrons. The summed E-state index contributed by atoms with van der Waals surface area (Å²) >= 11 is 0. The highest BCUT2D eigenvalue weighted by Gasteiger charge is 2.24. The summed E-state index contributed by atoms with van der Waals surface area (Å²) in [6.07, 6.45) is 7.12. The van der Waals surface area contributed by atoms with E-state index in [-0.39, 0.29) is 5.91 Å². The van der Waals surface area contributed by atoms with Crippen LogP contribution in [0.4, 0.5) is 0 Å². The SMILES string of the molecule is CC(C(=O)NCC1CCCCC1)S(C)(=O)=O. The van der Waals surface area contributed by atoms with Crippen molar-refractivity contribution in [2.75, 3.05) is 12.8 Å². The van der Waals surface area contributed by atoms with Gasteiger partial charge in [-0.05, 0) is 25.7 Å². The van der Waals surface area contributed by atoms with Crippen molar-refractivity contribution in [3.63, 3.8) is 0 Å². The summed E-state index contributed by atoms with van der Waals surface area (Å²) in [5, 5.41) is 1.81. The molecule has 1 rings (SSSR count). The molecule has 16 heavy (non-hydrogen) atoms. The van der Waals surface area contributed by atoms with E-state index in [0.717, 1.165) is 19.1 Å². The van der Waals surface area contributed by atoms with Crippen LogP contribution < -0.4 is 5.32 Å². The van der Waals surface area contributed by atoms with Crippen molar-refractivity contribution in [2.45, 2.75) is 44.3 Å². The molecule has 0 aliphatic heterocycles. The lowest BCUT2D eigenvalue weighted by Crippen LogP contribution is -2.40. The Bertz CT molecular complexity index is 331. The van der Waals surface area contributed by atoms with Crippen LogP contribution in [0.3, 0.4) is 0 Å². The first-order valence-electron chi connectivity index (χ1n) is 5.88. The molecule has 0 saturated heterocycles. The number of hydrogen-bond donors (Lipinski definition) is 1. The fourth-order valence-corrected chi connectivity index (χ4v) is 2.45. The van der Waals surface area contributed by atoms with Gasteiger partial charge in [0.15, 0.2) is 9.84 Å². The van der Waals surface area contributed by atoms with Crippen molar-refractivity contribution >= 4 is 15.7 Å². The molecule has 0 heterocycles. The zero-order chi connectivity index (χ0) is 12.2. The van der Waals surface area contributed by atoms with E-state index in [0.29, 0.717) is 12.5 Å². The van der Waals surface area contributed by atoms with E-state index < -0.39 is 15.1 Å². The quantitative estimate of drug-likeness (QED) is 0.809. The topological polar surface area (TPSA) is 63.2 Å². The molecule has 0 aromatic heterocycles. The minimum absolute atomic E-state index is 0.368. The van der Waals surface area contributed by atoms with Crippen molar-refractivity contribution in [1.29, 1.82) is 0 Å². The van der Waals surface area contributed by atoms with E-state index in [4.69, 9.17) is 0 Å². The summed E-state index contributed by atoms with van der Waals surface area (Å²) < 4.78 is 22.3. The molecule has 0 bridgehead atoms. The Kier molecular flexibility index (Phi) is 4.77. The number of carbonyl (C=O) groups excluding carboxylic acids is 1. The van der Waals surface area contributed by atoms with Crippen LogP contribution >= 0.6 is 0 Å². The zero-order valence-electron chi connectivity index (χ0n) is 10.0. The zero-order valence-corrected chi connectivity index (χ0v) is 10.8. The molecular weight excluding hydrogens is 226 g/mol. The second-order valence-electron chi connectivity index (χ2n) is 4.72. The lowest BCUT2D eigenvalue weighted by molar-refractivity contribution is -0.120. The van der Waals surface area contributed by atoms with Crippen LogP contribution in [0.25, 0.3) is 0 Å². The van der Waals surface area contributed by atoms with Gasteiger partial charge in [0, 0.05) is 12.8 Å². The molecule has 1 atom stereocenters. The first kappa shape index (κ1) is 13.5. The Labute approximate surface area is 97.7 Å². The van der Waals surface area contributed by atoms with Crippen LogP contribution in [0.15, 0.2) is 0 Å². The van der Waals surface area contributed by atoms with Gasteiger partial charge in [-0.1, -0.05) is 19.3 Å². The van der Waals surface area contributed by atoms with Crippen molar-refractivity contribution in [3.05, 3.63) is 0 Å². The molecular formula is C11H21NO3S. The van der Waals surface area contributed by atoms with Crippen LogP contribution in [0.2, 0.25) is 0 Å². The van der Waals surface area contributed by atoms with Crippen molar-refractivity contribution in [2.24, 2.45) is 5.92 Å². The van der Waals surface area contributed by atoms with E-state index in [1.54, 1.807) is 0 Å². The van der Waals surface area contributed by atoms with Gasteiger partial charge < -0.3 is 5.32 Å². The third-order valence-corrected chi connectivity index (χ3v) is 4.80. The maximum absolute atomic E-state index is 11.5. The first-order valence-corrected chi connectivity index (χ1v) is 7.83. The normalized spacial score (nSPS) is 20.4. The summed E-state index contributed by atoms with van der Waals surface area (Å²) in [7, 11) is -3.27. The Morgan fingerprint density at radius 2 is 1.88 bits per heavy atom. The van der Waals surface area contributed by atoms with Crippen molar-refractivity contribution in [1.82, 2.24) is 5.32 Å². The number of carbonyl (C=O) groups is 1. The molecule has 4 nitrogen and oxygen atoms in total. The lowest BCUT2D eigenvalue weighted by atomic mass is 9.89. The molecule has 0 spiro atoms.